The Hall–Kier alpha value is -2.52. The van der Waals surface area contributed by atoms with Crippen LogP contribution in [0.25, 0.3) is 0 Å². The molecular weight excluding hydrogens is 524 g/mol. The lowest BCUT2D eigenvalue weighted by Gasteiger charge is -2.43. The molecular formula is C32H43F2N5O2. The molecule has 2 N–H and O–H groups in total. The van der Waals surface area contributed by atoms with E-state index < -0.39 is 11.8 Å². The quantitative estimate of drug-likeness (QED) is 0.497. The Morgan fingerprint density at radius 3 is 2.88 bits per heavy atom. The molecule has 0 amide bonds. The maximum absolute atomic E-state index is 15.7. The molecule has 0 radical (unpaired) electrons. The van der Waals surface area contributed by atoms with Crippen LogP contribution in [0.4, 0.5) is 20.3 Å². The molecule has 0 bridgehead atoms. The van der Waals surface area contributed by atoms with E-state index in [9.17, 15) is 4.39 Å². The van der Waals surface area contributed by atoms with Crippen LogP contribution < -0.4 is 15.4 Å². The van der Waals surface area contributed by atoms with E-state index in [-0.39, 0.29) is 17.0 Å². The topological polar surface area (TPSA) is 76.7 Å². The van der Waals surface area contributed by atoms with Gasteiger partial charge in [0.15, 0.2) is 5.82 Å². The predicted molar refractivity (Wildman–Crippen MR) is 154 cm³/mol. The van der Waals surface area contributed by atoms with Crippen molar-refractivity contribution >= 4 is 11.5 Å². The van der Waals surface area contributed by atoms with Crippen LogP contribution >= 0.6 is 0 Å². The standard InChI is InChI=1S/C32H43F2N5O2/c1-20-6-4-11-38(13-8-20)29-24-18-41-32(10-3-7-23-21(2)14-25(35)28(34)27(23)32)16-26(24)36-30(37-29)40-19-31-9-5-12-39(31)17-22(33)15-31/h14,20,22H,3-13,15-19,35H2,1-2H3/t20-,22-,31-,32?/m1/s1. The van der Waals surface area contributed by atoms with Gasteiger partial charge in [0.05, 0.1) is 23.5 Å². The maximum Gasteiger partial charge on any atom is 0.318 e. The van der Waals surface area contributed by atoms with E-state index in [1.165, 1.54) is 6.42 Å². The van der Waals surface area contributed by atoms with Gasteiger partial charge in [-0.3, -0.25) is 4.90 Å². The lowest BCUT2D eigenvalue weighted by Crippen LogP contribution is -2.44. The fourth-order valence-corrected chi connectivity index (χ4v) is 8.42. The summed E-state index contributed by atoms with van der Waals surface area (Å²) in [5, 5.41) is 0. The molecule has 222 valence electrons. The third-order valence-electron chi connectivity index (χ3n) is 10.6. The number of ether oxygens (including phenoxy) is 2. The molecule has 3 fully saturated rings. The Labute approximate surface area is 241 Å². The van der Waals surface area contributed by atoms with Crippen molar-refractivity contribution < 1.29 is 18.3 Å². The molecule has 5 aliphatic rings. The van der Waals surface area contributed by atoms with Crippen LogP contribution in [-0.4, -0.2) is 59.4 Å². The second kappa shape index (κ2) is 10.3. The Morgan fingerprint density at radius 1 is 1.12 bits per heavy atom. The van der Waals surface area contributed by atoms with Crippen LogP contribution in [-0.2, 0) is 29.8 Å². The van der Waals surface area contributed by atoms with Crippen molar-refractivity contribution in [3.05, 3.63) is 39.8 Å². The summed E-state index contributed by atoms with van der Waals surface area (Å²) in [6, 6.07) is 2.09. The van der Waals surface area contributed by atoms with Gasteiger partial charge >= 0.3 is 6.01 Å². The van der Waals surface area contributed by atoms with E-state index in [1.54, 1.807) is 6.07 Å². The maximum atomic E-state index is 15.7. The number of halogens is 2. The third-order valence-corrected chi connectivity index (χ3v) is 10.6. The zero-order valence-electron chi connectivity index (χ0n) is 24.5. The minimum Gasteiger partial charge on any atom is -0.461 e. The molecule has 9 heteroatoms. The van der Waals surface area contributed by atoms with Crippen molar-refractivity contribution in [3.8, 4) is 6.01 Å². The summed E-state index contributed by atoms with van der Waals surface area (Å²) in [6.07, 6.45) is 8.00. The molecule has 41 heavy (non-hydrogen) atoms. The first-order valence-electron chi connectivity index (χ1n) is 15.7. The Morgan fingerprint density at radius 2 is 2.00 bits per heavy atom. The van der Waals surface area contributed by atoms with Gasteiger partial charge in [0, 0.05) is 43.6 Å². The normalized spacial score (nSPS) is 31.6. The highest BCUT2D eigenvalue weighted by Gasteiger charge is 2.50. The Kier molecular flexibility index (Phi) is 6.89. The number of benzene rings is 1. The van der Waals surface area contributed by atoms with E-state index in [2.05, 4.69) is 16.7 Å². The van der Waals surface area contributed by atoms with Crippen LogP contribution in [0.3, 0.4) is 0 Å². The summed E-state index contributed by atoms with van der Waals surface area (Å²) in [5.41, 5.74) is 9.72. The SMILES string of the molecule is Cc1cc(N)c(F)c2c1CCCC21Cc2nc(OC[C@]34CCCN3C[C@H](F)C4)nc(N3CCC[C@@H](C)CC3)c2CO1. The van der Waals surface area contributed by atoms with Gasteiger partial charge in [-0.1, -0.05) is 6.92 Å². The van der Waals surface area contributed by atoms with Crippen molar-refractivity contribution in [2.75, 3.05) is 43.4 Å². The molecule has 7 rings (SSSR count). The average Bonchev–Trinajstić information content (AvgIpc) is 3.38. The van der Waals surface area contributed by atoms with E-state index in [1.807, 2.05) is 6.92 Å². The molecule has 0 saturated carbocycles. The van der Waals surface area contributed by atoms with E-state index in [0.29, 0.717) is 56.5 Å². The Bertz CT molecular complexity index is 1340. The monoisotopic (exact) mass is 567 g/mol. The number of alkyl halides is 1. The number of aryl methyl sites for hydroxylation is 1. The number of hydrogen-bond donors (Lipinski definition) is 1. The minimum absolute atomic E-state index is 0.172. The average molecular weight is 568 g/mol. The third kappa shape index (κ3) is 4.67. The van der Waals surface area contributed by atoms with Crippen LogP contribution in [0.15, 0.2) is 6.07 Å². The van der Waals surface area contributed by atoms with Crippen molar-refractivity contribution in [1.29, 1.82) is 0 Å². The fourth-order valence-electron chi connectivity index (χ4n) is 8.42. The fraction of sp³-hybridized carbons (Fsp3) is 0.688. The Balaban J connectivity index is 1.26. The summed E-state index contributed by atoms with van der Waals surface area (Å²) in [5.74, 6) is 1.19. The highest BCUT2D eigenvalue weighted by Crippen LogP contribution is 2.49. The molecule has 1 unspecified atom stereocenters. The molecule has 3 saturated heterocycles. The smallest absolute Gasteiger partial charge is 0.318 e. The minimum atomic E-state index is -0.813. The predicted octanol–water partition coefficient (Wildman–Crippen LogP) is 5.39. The highest BCUT2D eigenvalue weighted by molar-refractivity contribution is 5.56. The number of hydrogen-bond acceptors (Lipinski definition) is 7. The van der Waals surface area contributed by atoms with Gasteiger partial charge in [0.25, 0.3) is 0 Å². The summed E-state index contributed by atoms with van der Waals surface area (Å²) < 4.78 is 43.3. The van der Waals surface area contributed by atoms with Gasteiger partial charge in [-0.2, -0.15) is 9.97 Å². The zero-order valence-corrected chi connectivity index (χ0v) is 24.5. The summed E-state index contributed by atoms with van der Waals surface area (Å²) in [6.45, 7) is 8.28. The molecule has 1 aliphatic carbocycles. The second-order valence-corrected chi connectivity index (χ2v) is 13.4. The van der Waals surface area contributed by atoms with Crippen molar-refractivity contribution in [2.45, 2.75) is 102 Å². The van der Waals surface area contributed by atoms with Gasteiger partial charge in [-0.25, -0.2) is 8.78 Å². The first kappa shape index (κ1) is 27.3. The summed E-state index contributed by atoms with van der Waals surface area (Å²) in [7, 11) is 0. The number of aromatic nitrogens is 2. The van der Waals surface area contributed by atoms with Gasteiger partial charge in [0.2, 0.25) is 0 Å². The highest BCUT2D eigenvalue weighted by atomic mass is 19.1. The van der Waals surface area contributed by atoms with Crippen LogP contribution in [0, 0.1) is 18.7 Å². The second-order valence-electron chi connectivity index (χ2n) is 13.4. The number of fused-ring (bicyclic) bond motifs is 4. The number of nitrogen functional groups attached to an aromatic ring is 1. The molecule has 1 spiro atoms. The molecule has 4 atom stereocenters. The molecule has 7 nitrogen and oxygen atoms in total. The molecule has 1 aromatic heterocycles. The van der Waals surface area contributed by atoms with Gasteiger partial charge in [-0.15, -0.1) is 0 Å². The van der Waals surface area contributed by atoms with Crippen molar-refractivity contribution in [3.63, 3.8) is 0 Å². The van der Waals surface area contributed by atoms with Gasteiger partial charge in [-0.05, 0) is 87.9 Å². The number of rotatable bonds is 4. The van der Waals surface area contributed by atoms with Crippen molar-refractivity contribution in [2.24, 2.45) is 5.92 Å². The first-order chi connectivity index (χ1) is 19.8. The van der Waals surface area contributed by atoms with Gasteiger partial charge < -0.3 is 20.1 Å². The van der Waals surface area contributed by atoms with E-state index >= 15 is 4.39 Å². The lowest BCUT2D eigenvalue weighted by molar-refractivity contribution is -0.0877. The summed E-state index contributed by atoms with van der Waals surface area (Å²) >= 11 is 0. The summed E-state index contributed by atoms with van der Waals surface area (Å²) in [4.78, 5) is 14.6. The number of nitrogens with two attached hydrogens (primary N) is 1. The van der Waals surface area contributed by atoms with E-state index in [4.69, 9.17) is 25.2 Å². The van der Waals surface area contributed by atoms with Crippen molar-refractivity contribution in [1.82, 2.24) is 14.9 Å². The van der Waals surface area contributed by atoms with Gasteiger partial charge in [0.1, 0.15) is 24.2 Å². The lowest BCUT2D eigenvalue weighted by atomic mass is 9.73. The first-order valence-corrected chi connectivity index (χ1v) is 15.7. The number of anilines is 2. The largest absolute Gasteiger partial charge is 0.461 e. The number of nitrogens with zero attached hydrogens (tertiary/aromatic N) is 4. The van der Waals surface area contributed by atoms with Crippen LogP contribution in [0.1, 0.15) is 86.2 Å². The zero-order chi connectivity index (χ0) is 28.4. The molecule has 4 aliphatic heterocycles. The van der Waals surface area contributed by atoms with Crippen LogP contribution in [0.5, 0.6) is 6.01 Å². The molecule has 5 heterocycles. The molecule has 1 aromatic carbocycles. The van der Waals surface area contributed by atoms with Crippen LogP contribution in [0.2, 0.25) is 0 Å². The molecule has 2 aromatic rings. The van der Waals surface area contributed by atoms with E-state index in [0.717, 1.165) is 86.4 Å².